The number of anilines is 1. The van der Waals surface area contributed by atoms with Crippen LogP contribution in [-0.2, 0) is 11.2 Å². The first-order valence-electron chi connectivity index (χ1n) is 8.64. The highest BCUT2D eigenvalue weighted by Gasteiger charge is 2.37. The van der Waals surface area contributed by atoms with Gasteiger partial charge in [-0.3, -0.25) is 4.79 Å². The Balaban J connectivity index is 1.66. The molecule has 3 aromatic rings. The summed E-state index contributed by atoms with van der Waals surface area (Å²) in [4.78, 5) is 13.1. The Bertz CT molecular complexity index is 962. The number of hydrogen-bond donors (Lipinski definition) is 2. The average Bonchev–Trinajstić information content (AvgIpc) is 3.10. The minimum absolute atomic E-state index is 0.115. The molecule has 0 saturated carbocycles. The summed E-state index contributed by atoms with van der Waals surface area (Å²) >= 11 is 7.44. The number of amides is 1. The number of aryl methyl sites for hydroxylation is 1. The Labute approximate surface area is 166 Å². The maximum absolute atomic E-state index is 13.1. The van der Waals surface area contributed by atoms with Gasteiger partial charge in [-0.25, -0.2) is 4.68 Å². The molecule has 1 aliphatic rings. The number of hydrogen-bond acceptors (Lipinski definition) is 5. The van der Waals surface area contributed by atoms with E-state index in [1.807, 2.05) is 54.1 Å². The molecule has 1 aromatic heterocycles. The van der Waals surface area contributed by atoms with Crippen LogP contribution in [0.2, 0.25) is 5.02 Å². The van der Waals surface area contributed by atoms with Gasteiger partial charge in [-0.05, 0) is 23.8 Å². The van der Waals surface area contributed by atoms with Crippen LogP contribution in [0.3, 0.4) is 0 Å². The predicted octanol–water partition coefficient (Wildman–Crippen LogP) is 3.89. The van der Waals surface area contributed by atoms with E-state index in [1.165, 1.54) is 11.8 Å². The van der Waals surface area contributed by atoms with Crippen LogP contribution in [0.5, 0.6) is 0 Å². The van der Waals surface area contributed by atoms with Crippen LogP contribution in [0.1, 0.15) is 24.4 Å². The van der Waals surface area contributed by atoms with Gasteiger partial charge >= 0.3 is 0 Å². The fourth-order valence-electron chi connectivity index (χ4n) is 3.02. The van der Waals surface area contributed by atoms with E-state index in [-0.39, 0.29) is 11.9 Å². The predicted molar refractivity (Wildman–Crippen MR) is 108 cm³/mol. The molecule has 2 aromatic carbocycles. The number of aromatic nitrogens is 3. The van der Waals surface area contributed by atoms with Crippen molar-refractivity contribution in [1.29, 1.82) is 0 Å². The number of rotatable bonds is 4. The first-order chi connectivity index (χ1) is 13.2. The zero-order chi connectivity index (χ0) is 18.8. The van der Waals surface area contributed by atoms with E-state index < -0.39 is 5.25 Å². The number of nitrogens with zero attached hydrogens (tertiary/aromatic N) is 3. The van der Waals surface area contributed by atoms with Crippen molar-refractivity contribution >= 4 is 35.0 Å². The molecule has 27 heavy (non-hydrogen) atoms. The Hall–Kier alpha value is -2.51. The van der Waals surface area contributed by atoms with Crippen molar-refractivity contribution < 1.29 is 4.79 Å². The van der Waals surface area contributed by atoms with E-state index in [4.69, 9.17) is 11.6 Å². The number of thioether (sulfide) groups is 1. The molecule has 0 unspecified atom stereocenters. The number of fused-ring (bicyclic) bond motifs is 1. The molecule has 8 heteroatoms. The molecular weight excluding hydrogens is 382 g/mol. The lowest BCUT2D eigenvalue weighted by molar-refractivity contribution is -0.116. The lowest BCUT2D eigenvalue weighted by atomic mass is 10.0. The van der Waals surface area contributed by atoms with Crippen LogP contribution in [0.15, 0.2) is 59.8 Å². The SMILES string of the molecule is CCc1nnc2n1N[C@H](c1ccccc1)[C@@H](C(=O)Nc1cccc(Cl)c1)S2. The third-order valence-electron chi connectivity index (χ3n) is 4.33. The minimum atomic E-state index is -0.409. The molecule has 138 valence electrons. The molecular formula is C19H18ClN5OS. The molecule has 0 radical (unpaired) electrons. The first-order valence-corrected chi connectivity index (χ1v) is 9.90. The standard InChI is InChI=1S/C19H18ClN5OS/c1-2-15-22-23-19-25(15)24-16(12-7-4-3-5-8-12)17(27-19)18(26)21-14-10-6-9-13(20)11-14/h3-11,16-17,24H,2H2,1H3,(H,21,26)/t16-,17+/m1/s1. The fourth-order valence-corrected chi connectivity index (χ4v) is 4.31. The topological polar surface area (TPSA) is 71.8 Å². The van der Waals surface area contributed by atoms with Gasteiger partial charge in [0, 0.05) is 17.1 Å². The Morgan fingerprint density at radius 3 is 2.78 bits per heavy atom. The summed E-state index contributed by atoms with van der Waals surface area (Å²) in [6, 6.07) is 16.8. The Morgan fingerprint density at radius 1 is 1.22 bits per heavy atom. The normalized spacial score (nSPS) is 18.4. The second-order valence-corrected chi connectivity index (χ2v) is 7.69. The van der Waals surface area contributed by atoms with Gasteiger partial charge in [0.25, 0.3) is 0 Å². The molecule has 6 nitrogen and oxygen atoms in total. The number of nitrogens with one attached hydrogen (secondary N) is 2. The number of carbonyl (C=O) groups is 1. The van der Waals surface area contributed by atoms with E-state index in [2.05, 4.69) is 20.9 Å². The van der Waals surface area contributed by atoms with Gasteiger partial charge in [0.05, 0.1) is 6.04 Å². The highest BCUT2D eigenvalue weighted by molar-refractivity contribution is 8.00. The quantitative estimate of drug-likeness (QED) is 0.696. The Kier molecular flexibility index (Phi) is 5.05. The van der Waals surface area contributed by atoms with E-state index in [0.717, 1.165) is 17.8 Å². The van der Waals surface area contributed by atoms with Crippen LogP contribution in [0.4, 0.5) is 5.69 Å². The second-order valence-electron chi connectivity index (χ2n) is 6.14. The lowest BCUT2D eigenvalue weighted by Crippen LogP contribution is -2.41. The van der Waals surface area contributed by atoms with Crippen LogP contribution >= 0.6 is 23.4 Å². The third-order valence-corrected chi connectivity index (χ3v) is 5.78. The summed E-state index contributed by atoms with van der Waals surface area (Å²) in [5, 5.41) is 12.3. The molecule has 0 spiro atoms. The minimum Gasteiger partial charge on any atom is -0.325 e. The van der Waals surface area contributed by atoms with Crippen molar-refractivity contribution in [2.24, 2.45) is 0 Å². The van der Waals surface area contributed by atoms with E-state index >= 15 is 0 Å². The summed E-state index contributed by atoms with van der Waals surface area (Å²) in [7, 11) is 0. The first kappa shape index (κ1) is 17.9. The lowest BCUT2D eigenvalue weighted by Gasteiger charge is -2.33. The van der Waals surface area contributed by atoms with Crippen LogP contribution < -0.4 is 10.7 Å². The van der Waals surface area contributed by atoms with Crippen LogP contribution in [-0.4, -0.2) is 26.0 Å². The van der Waals surface area contributed by atoms with Gasteiger partial charge in [0.2, 0.25) is 11.1 Å². The third kappa shape index (κ3) is 3.65. The molecule has 2 N–H and O–H groups in total. The fraction of sp³-hybridized carbons (Fsp3) is 0.211. The van der Waals surface area contributed by atoms with E-state index in [9.17, 15) is 4.79 Å². The van der Waals surface area contributed by atoms with Crippen molar-refractivity contribution in [2.45, 2.75) is 29.8 Å². The summed E-state index contributed by atoms with van der Waals surface area (Å²) in [5.41, 5.74) is 5.12. The number of benzene rings is 2. The van der Waals surface area contributed by atoms with E-state index in [1.54, 1.807) is 12.1 Å². The molecule has 0 saturated heterocycles. The van der Waals surface area contributed by atoms with Crippen molar-refractivity contribution in [3.63, 3.8) is 0 Å². The highest BCUT2D eigenvalue weighted by atomic mass is 35.5. The van der Waals surface area contributed by atoms with Crippen molar-refractivity contribution in [1.82, 2.24) is 14.9 Å². The Morgan fingerprint density at radius 2 is 2.04 bits per heavy atom. The summed E-state index contributed by atoms with van der Waals surface area (Å²) in [5.74, 6) is 0.725. The number of halogens is 1. The van der Waals surface area contributed by atoms with Crippen molar-refractivity contribution in [3.05, 3.63) is 71.0 Å². The maximum Gasteiger partial charge on any atom is 0.240 e. The summed E-state index contributed by atoms with van der Waals surface area (Å²) in [6.45, 7) is 2.03. The average molecular weight is 400 g/mol. The van der Waals surface area contributed by atoms with Gasteiger partial charge < -0.3 is 10.7 Å². The molecule has 1 amide bonds. The van der Waals surface area contributed by atoms with Gasteiger partial charge in [0.15, 0.2) is 5.82 Å². The molecule has 0 bridgehead atoms. The van der Waals surface area contributed by atoms with Gasteiger partial charge in [-0.15, -0.1) is 10.2 Å². The largest absolute Gasteiger partial charge is 0.325 e. The summed E-state index contributed by atoms with van der Waals surface area (Å²) < 4.78 is 1.88. The maximum atomic E-state index is 13.1. The van der Waals surface area contributed by atoms with Crippen molar-refractivity contribution in [2.75, 3.05) is 10.7 Å². The van der Waals surface area contributed by atoms with Crippen LogP contribution in [0.25, 0.3) is 0 Å². The second kappa shape index (κ2) is 7.62. The van der Waals surface area contributed by atoms with E-state index in [0.29, 0.717) is 15.9 Å². The van der Waals surface area contributed by atoms with Gasteiger partial charge in [-0.1, -0.05) is 66.7 Å². The van der Waals surface area contributed by atoms with Gasteiger partial charge in [0.1, 0.15) is 5.25 Å². The molecule has 2 heterocycles. The molecule has 2 atom stereocenters. The monoisotopic (exact) mass is 399 g/mol. The summed E-state index contributed by atoms with van der Waals surface area (Å²) in [6.07, 6.45) is 0.751. The molecule has 1 aliphatic heterocycles. The zero-order valence-electron chi connectivity index (χ0n) is 14.6. The number of carbonyl (C=O) groups excluding carboxylic acids is 1. The molecule has 4 rings (SSSR count). The van der Waals surface area contributed by atoms with Crippen molar-refractivity contribution in [3.8, 4) is 0 Å². The zero-order valence-corrected chi connectivity index (χ0v) is 16.2. The molecule has 0 fully saturated rings. The van der Waals surface area contributed by atoms with Gasteiger partial charge in [-0.2, -0.15) is 0 Å². The molecule has 0 aliphatic carbocycles. The van der Waals surface area contributed by atoms with Crippen LogP contribution in [0, 0.1) is 0 Å². The highest BCUT2D eigenvalue weighted by Crippen LogP contribution is 2.37. The smallest absolute Gasteiger partial charge is 0.240 e.